The van der Waals surface area contributed by atoms with Gasteiger partial charge in [-0.2, -0.15) is 17.5 Å². The number of hydrogen-bond donors (Lipinski definition) is 0. The van der Waals surface area contributed by atoms with Gasteiger partial charge in [0.05, 0.1) is 4.90 Å². The van der Waals surface area contributed by atoms with Crippen LogP contribution in [0.2, 0.25) is 0 Å². The van der Waals surface area contributed by atoms with Crippen molar-refractivity contribution < 1.29 is 26.4 Å². The summed E-state index contributed by atoms with van der Waals surface area (Å²) >= 11 is 1.19. The smallest absolute Gasteiger partial charge is 0.336 e. The van der Waals surface area contributed by atoms with E-state index in [0.717, 1.165) is 9.75 Å². The molecule has 29 heavy (non-hydrogen) atoms. The number of thioether (sulfide) groups is 1. The van der Waals surface area contributed by atoms with Gasteiger partial charge in [-0.25, -0.2) is 8.42 Å². The minimum Gasteiger partial charge on any atom is -0.336 e. The fourth-order valence-corrected chi connectivity index (χ4v) is 6.60. The number of nitrogens with zero attached hydrogens (tertiary/aromatic N) is 2. The lowest BCUT2D eigenvalue weighted by atomic mass is 10.2. The zero-order valence-electron chi connectivity index (χ0n) is 15.7. The highest BCUT2D eigenvalue weighted by molar-refractivity contribution is 8.00. The molecule has 158 valence electrons. The molecule has 1 aliphatic heterocycles. The number of halogens is 3. The Hall–Kier alpha value is -1.56. The second-order valence-corrected chi connectivity index (χ2v) is 11.1. The van der Waals surface area contributed by atoms with E-state index < -0.39 is 15.5 Å². The summed E-state index contributed by atoms with van der Waals surface area (Å²) in [5.41, 5.74) is -4.11. The topological polar surface area (TPSA) is 57.7 Å². The third-order valence-corrected chi connectivity index (χ3v) is 8.33. The molecule has 0 bridgehead atoms. The van der Waals surface area contributed by atoms with Crippen molar-refractivity contribution in [3.63, 3.8) is 0 Å². The fraction of sp³-hybridized carbons (Fsp3) is 0.389. The van der Waals surface area contributed by atoms with Crippen molar-refractivity contribution in [3.8, 4) is 0 Å². The molecule has 0 unspecified atom stereocenters. The zero-order chi connectivity index (χ0) is 21.4. The highest BCUT2D eigenvalue weighted by Gasteiger charge is 2.32. The van der Waals surface area contributed by atoms with Gasteiger partial charge in [0.1, 0.15) is 0 Å². The molecular formula is C18H19F3N2O3S3. The van der Waals surface area contributed by atoms with Gasteiger partial charge in [-0.1, -0.05) is 0 Å². The minimum atomic E-state index is -4.38. The Labute approximate surface area is 175 Å². The third-order valence-electron chi connectivity index (χ3n) is 4.47. The first-order valence-electron chi connectivity index (χ1n) is 8.69. The number of carbonyl (C=O) groups is 1. The first kappa shape index (κ1) is 22.1. The molecule has 0 radical (unpaired) electrons. The van der Waals surface area contributed by atoms with E-state index in [1.807, 2.05) is 6.92 Å². The van der Waals surface area contributed by atoms with Crippen LogP contribution in [0.25, 0.3) is 0 Å². The molecule has 11 heteroatoms. The van der Waals surface area contributed by atoms with Crippen LogP contribution in [0.4, 0.5) is 13.2 Å². The number of amides is 1. The van der Waals surface area contributed by atoms with E-state index in [-0.39, 0.29) is 54.3 Å². The highest BCUT2D eigenvalue weighted by Crippen LogP contribution is 2.36. The number of hydrogen-bond acceptors (Lipinski definition) is 5. The molecule has 1 aliphatic rings. The lowest BCUT2D eigenvalue weighted by Crippen LogP contribution is -2.50. The standard InChI is InChI=1S/C18H19F3N2O3S3/c1-12-11-16(13(2)27-12)29(25,26)23-9-7-22(8-10-23)17(24)14-3-5-15(6-4-14)28-18(19,20)21/h3-6,11H,7-10H2,1-2H3. The van der Waals surface area contributed by atoms with Crippen molar-refractivity contribution in [3.05, 3.63) is 45.6 Å². The summed E-state index contributed by atoms with van der Waals surface area (Å²) in [5, 5.41) is 0. The van der Waals surface area contributed by atoms with E-state index >= 15 is 0 Å². The van der Waals surface area contributed by atoms with Gasteiger partial charge in [0, 0.05) is 46.4 Å². The van der Waals surface area contributed by atoms with E-state index in [0.29, 0.717) is 4.90 Å². The van der Waals surface area contributed by atoms with Gasteiger partial charge in [0.15, 0.2) is 0 Å². The van der Waals surface area contributed by atoms with Crippen LogP contribution in [-0.4, -0.2) is 55.2 Å². The minimum absolute atomic E-state index is 0.00592. The molecule has 5 nitrogen and oxygen atoms in total. The highest BCUT2D eigenvalue weighted by atomic mass is 32.2. The Morgan fingerprint density at radius 2 is 1.66 bits per heavy atom. The predicted molar refractivity (Wildman–Crippen MR) is 107 cm³/mol. The number of sulfonamides is 1. The molecule has 1 aromatic heterocycles. The first-order chi connectivity index (χ1) is 13.5. The van der Waals surface area contributed by atoms with Gasteiger partial charge in [-0.05, 0) is 55.9 Å². The van der Waals surface area contributed by atoms with Crippen molar-refractivity contribution >= 4 is 39.0 Å². The molecule has 1 amide bonds. The van der Waals surface area contributed by atoms with Crippen LogP contribution in [0.15, 0.2) is 40.1 Å². The van der Waals surface area contributed by atoms with Crippen molar-refractivity contribution in [1.29, 1.82) is 0 Å². The van der Waals surface area contributed by atoms with Crippen LogP contribution in [-0.2, 0) is 10.0 Å². The number of alkyl halides is 3. The first-order valence-corrected chi connectivity index (χ1v) is 11.8. The van der Waals surface area contributed by atoms with E-state index in [9.17, 15) is 26.4 Å². The molecule has 0 atom stereocenters. The van der Waals surface area contributed by atoms with Crippen LogP contribution in [0.5, 0.6) is 0 Å². The number of thiophene rings is 1. The molecule has 1 aromatic carbocycles. The Kier molecular flexibility index (Phi) is 6.32. The molecule has 1 saturated heterocycles. The monoisotopic (exact) mass is 464 g/mol. The van der Waals surface area contributed by atoms with Gasteiger partial charge in [0.25, 0.3) is 5.91 Å². The third kappa shape index (κ3) is 5.14. The van der Waals surface area contributed by atoms with E-state index in [4.69, 9.17) is 0 Å². The summed E-state index contributed by atoms with van der Waals surface area (Å²) in [6, 6.07) is 6.89. The number of carbonyl (C=O) groups excluding carboxylic acids is 1. The molecule has 0 aliphatic carbocycles. The maximum Gasteiger partial charge on any atom is 0.446 e. The van der Waals surface area contributed by atoms with Crippen LogP contribution >= 0.6 is 23.1 Å². The quantitative estimate of drug-likeness (QED) is 0.639. The van der Waals surface area contributed by atoms with Crippen LogP contribution in [0, 0.1) is 13.8 Å². The summed E-state index contributed by atoms with van der Waals surface area (Å²) < 4.78 is 64.3. The molecule has 2 aromatic rings. The van der Waals surface area contributed by atoms with Crippen molar-refractivity contribution in [1.82, 2.24) is 9.21 Å². The normalized spacial score (nSPS) is 16.2. The summed E-state index contributed by atoms with van der Waals surface area (Å²) in [6.45, 7) is 4.41. The van der Waals surface area contributed by atoms with Gasteiger partial charge in [0.2, 0.25) is 10.0 Å². The number of benzene rings is 1. The Morgan fingerprint density at radius 1 is 1.07 bits per heavy atom. The Bertz CT molecular complexity index is 994. The van der Waals surface area contributed by atoms with E-state index in [1.54, 1.807) is 13.0 Å². The average molecular weight is 465 g/mol. The van der Waals surface area contributed by atoms with Crippen molar-refractivity contribution in [2.75, 3.05) is 26.2 Å². The maximum absolute atomic E-state index is 12.9. The zero-order valence-corrected chi connectivity index (χ0v) is 18.1. The van der Waals surface area contributed by atoms with Crippen LogP contribution in [0.3, 0.4) is 0 Å². The largest absolute Gasteiger partial charge is 0.446 e. The van der Waals surface area contributed by atoms with Crippen molar-refractivity contribution in [2.24, 2.45) is 0 Å². The SMILES string of the molecule is Cc1cc(S(=O)(=O)N2CCN(C(=O)c3ccc(SC(F)(F)F)cc3)CC2)c(C)s1. The van der Waals surface area contributed by atoms with Gasteiger partial charge >= 0.3 is 5.51 Å². The number of aryl methyl sites for hydroxylation is 2. The van der Waals surface area contributed by atoms with Gasteiger partial charge in [-0.3, -0.25) is 4.79 Å². The summed E-state index contributed by atoms with van der Waals surface area (Å²) in [7, 11) is -3.61. The molecule has 0 spiro atoms. The van der Waals surface area contributed by atoms with Crippen molar-refractivity contribution in [2.45, 2.75) is 29.1 Å². The lowest BCUT2D eigenvalue weighted by Gasteiger charge is -2.34. The maximum atomic E-state index is 12.9. The van der Waals surface area contributed by atoms with E-state index in [2.05, 4.69) is 0 Å². The van der Waals surface area contributed by atoms with Crippen LogP contribution < -0.4 is 0 Å². The van der Waals surface area contributed by atoms with E-state index in [1.165, 1.54) is 44.8 Å². The molecular weight excluding hydrogens is 445 g/mol. The molecule has 2 heterocycles. The van der Waals surface area contributed by atoms with Crippen LogP contribution in [0.1, 0.15) is 20.1 Å². The summed E-state index contributed by atoms with van der Waals surface area (Å²) in [5.74, 6) is -0.326. The summed E-state index contributed by atoms with van der Waals surface area (Å²) in [4.78, 5) is 16.1. The van der Waals surface area contributed by atoms with Gasteiger partial charge in [-0.15, -0.1) is 11.3 Å². The summed E-state index contributed by atoms with van der Waals surface area (Å²) in [6.07, 6.45) is 0. The Balaban J connectivity index is 1.64. The number of rotatable bonds is 4. The fourth-order valence-electron chi connectivity index (χ4n) is 3.12. The lowest BCUT2D eigenvalue weighted by molar-refractivity contribution is -0.0328. The second-order valence-electron chi connectivity index (χ2n) is 6.55. The molecule has 0 N–H and O–H groups in total. The Morgan fingerprint density at radius 3 is 2.14 bits per heavy atom. The molecule has 3 rings (SSSR count). The predicted octanol–water partition coefficient (Wildman–Crippen LogP) is 4.12. The number of piperazine rings is 1. The second kappa shape index (κ2) is 8.29. The molecule has 1 fully saturated rings. The van der Waals surface area contributed by atoms with Gasteiger partial charge < -0.3 is 4.90 Å². The molecule has 0 saturated carbocycles. The average Bonchev–Trinajstić information content (AvgIpc) is 2.99.